The summed E-state index contributed by atoms with van der Waals surface area (Å²) in [6, 6.07) is 47.6. The lowest BCUT2D eigenvalue weighted by atomic mass is 10.1. The lowest BCUT2D eigenvalue weighted by molar-refractivity contribution is 0.669. The molecule has 0 aliphatic heterocycles. The Balaban J connectivity index is 1.27. The van der Waals surface area contributed by atoms with Crippen LogP contribution in [-0.4, -0.2) is 19.5 Å². The molecule has 6 aromatic carbocycles. The summed E-state index contributed by atoms with van der Waals surface area (Å²) >= 11 is 3.70. The monoisotopic (exact) mass is 642 g/mol. The number of fused-ring (bicyclic) bond motifs is 6. The Labute approximate surface area is 266 Å². The molecule has 0 unspecified atom stereocenters. The Bertz CT molecular complexity index is 2480. The third-order valence-electron chi connectivity index (χ3n) is 8.29. The van der Waals surface area contributed by atoms with Gasteiger partial charge in [-0.3, -0.25) is 0 Å². The second-order valence-corrected chi connectivity index (χ2v) is 12.0. The van der Waals surface area contributed by atoms with Crippen molar-refractivity contribution in [3.8, 4) is 39.9 Å². The first-order valence-corrected chi connectivity index (χ1v) is 15.5. The number of hydrogen-bond acceptors (Lipinski definition) is 4. The molecule has 0 amide bonds. The van der Waals surface area contributed by atoms with Crippen molar-refractivity contribution in [3.63, 3.8) is 0 Å². The predicted octanol–water partition coefficient (Wildman–Crippen LogP) is 10.6. The van der Waals surface area contributed by atoms with E-state index < -0.39 is 0 Å². The van der Waals surface area contributed by atoms with E-state index in [9.17, 15) is 0 Å². The van der Waals surface area contributed by atoms with Gasteiger partial charge in [-0.1, -0.05) is 94.8 Å². The van der Waals surface area contributed by atoms with Crippen LogP contribution in [0.15, 0.2) is 148 Å². The van der Waals surface area contributed by atoms with E-state index in [1.54, 1.807) is 0 Å². The van der Waals surface area contributed by atoms with Crippen molar-refractivity contribution in [3.05, 3.63) is 144 Å². The van der Waals surface area contributed by atoms with Crippen molar-refractivity contribution < 1.29 is 4.42 Å². The molecule has 212 valence electrons. The zero-order valence-corrected chi connectivity index (χ0v) is 25.4. The lowest BCUT2D eigenvalue weighted by Crippen LogP contribution is -2.00. The molecule has 9 aromatic rings. The van der Waals surface area contributed by atoms with E-state index >= 15 is 0 Å². The van der Waals surface area contributed by atoms with Crippen molar-refractivity contribution in [2.45, 2.75) is 0 Å². The fourth-order valence-electron chi connectivity index (χ4n) is 6.19. The smallest absolute Gasteiger partial charge is 0.164 e. The molecule has 9 rings (SSSR count). The molecule has 45 heavy (non-hydrogen) atoms. The largest absolute Gasteiger partial charge is 0.456 e. The van der Waals surface area contributed by atoms with Crippen LogP contribution in [0, 0.1) is 0 Å². The van der Waals surface area contributed by atoms with E-state index in [0.717, 1.165) is 65.2 Å². The van der Waals surface area contributed by atoms with Crippen LogP contribution in [0.25, 0.3) is 83.6 Å². The summed E-state index contributed by atoms with van der Waals surface area (Å²) in [5.41, 5.74) is 7.78. The van der Waals surface area contributed by atoms with Gasteiger partial charge in [0, 0.05) is 54.5 Å². The van der Waals surface area contributed by atoms with E-state index in [-0.39, 0.29) is 0 Å². The standard InChI is InChI=1S/C39H23BrN4O/c40-27-17-18-33-29(21-27)30-22-32-31-20-26(16-19-35(31)45-36(32)23-34(30)44(33)28-14-8-3-9-15-28)39-42-37(24-10-4-1-5-11-24)41-38(43-39)25-12-6-2-7-13-25/h1-23H. The summed E-state index contributed by atoms with van der Waals surface area (Å²) in [5, 5.41) is 4.40. The lowest BCUT2D eigenvalue weighted by Gasteiger charge is -2.08. The van der Waals surface area contributed by atoms with Gasteiger partial charge in [-0.2, -0.15) is 0 Å². The fourth-order valence-corrected chi connectivity index (χ4v) is 6.55. The van der Waals surface area contributed by atoms with Crippen LogP contribution >= 0.6 is 15.9 Å². The second kappa shape index (κ2) is 10.3. The summed E-state index contributed by atoms with van der Waals surface area (Å²) in [5.74, 6) is 1.89. The van der Waals surface area contributed by atoms with E-state index in [1.165, 1.54) is 5.39 Å². The van der Waals surface area contributed by atoms with E-state index in [2.05, 4.69) is 81.2 Å². The number of furan rings is 1. The van der Waals surface area contributed by atoms with Gasteiger partial charge in [-0.05, 0) is 54.6 Å². The number of hydrogen-bond donors (Lipinski definition) is 0. The van der Waals surface area contributed by atoms with Gasteiger partial charge in [0.1, 0.15) is 11.2 Å². The maximum absolute atomic E-state index is 6.47. The first-order chi connectivity index (χ1) is 22.2. The van der Waals surface area contributed by atoms with Gasteiger partial charge < -0.3 is 8.98 Å². The van der Waals surface area contributed by atoms with Crippen LogP contribution in [0.3, 0.4) is 0 Å². The topological polar surface area (TPSA) is 56.7 Å². The third-order valence-corrected chi connectivity index (χ3v) is 8.78. The summed E-state index contributed by atoms with van der Waals surface area (Å²) in [6.07, 6.45) is 0. The number of nitrogens with zero attached hydrogens (tertiary/aromatic N) is 4. The third kappa shape index (κ3) is 4.33. The van der Waals surface area contributed by atoms with E-state index in [1.807, 2.05) is 78.9 Å². The highest BCUT2D eigenvalue weighted by atomic mass is 79.9. The molecule has 5 nitrogen and oxygen atoms in total. The molecule has 0 atom stereocenters. The molecule has 6 heteroatoms. The van der Waals surface area contributed by atoms with Gasteiger partial charge in [-0.25, -0.2) is 15.0 Å². The van der Waals surface area contributed by atoms with Crippen LogP contribution in [0.2, 0.25) is 0 Å². The molecule has 0 aliphatic carbocycles. The van der Waals surface area contributed by atoms with E-state index in [0.29, 0.717) is 17.5 Å². The zero-order valence-electron chi connectivity index (χ0n) is 23.9. The minimum atomic E-state index is 0.615. The van der Waals surface area contributed by atoms with Crippen LogP contribution in [0.5, 0.6) is 0 Å². The average Bonchev–Trinajstić information content (AvgIpc) is 3.62. The molecular formula is C39H23BrN4O. The molecular weight excluding hydrogens is 620 g/mol. The SMILES string of the molecule is Brc1ccc2c(c1)c1cc3c(cc1n2-c1ccccc1)oc1ccc(-c2nc(-c4ccccc4)nc(-c4ccccc4)n2)cc13. The highest BCUT2D eigenvalue weighted by molar-refractivity contribution is 9.10. The molecule has 0 fully saturated rings. The van der Waals surface area contributed by atoms with Gasteiger partial charge in [0.2, 0.25) is 0 Å². The molecule has 0 radical (unpaired) electrons. The highest BCUT2D eigenvalue weighted by Gasteiger charge is 2.18. The number of halogens is 1. The number of para-hydroxylation sites is 1. The Hall–Kier alpha value is -5.59. The number of rotatable bonds is 4. The van der Waals surface area contributed by atoms with Crippen LogP contribution in [0.1, 0.15) is 0 Å². The van der Waals surface area contributed by atoms with Gasteiger partial charge in [0.15, 0.2) is 17.5 Å². The molecule has 0 bridgehead atoms. The molecule has 0 saturated heterocycles. The Morgan fingerprint density at radius 3 is 1.69 bits per heavy atom. The Morgan fingerprint density at radius 2 is 1.02 bits per heavy atom. The molecule has 0 aliphatic rings. The van der Waals surface area contributed by atoms with Crippen molar-refractivity contribution >= 4 is 59.7 Å². The summed E-state index contributed by atoms with van der Waals surface area (Å²) < 4.78 is 9.82. The number of aromatic nitrogens is 4. The van der Waals surface area contributed by atoms with Crippen LogP contribution < -0.4 is 0 Å². The molecule has 0 N–H and O–H groups in total. The Kier molecular flexibility index (Phi) is 5.89. The van der Waals surface area contributed by atoms with Gasteiger partial charge in [0.25, 0.3) is 0 Å². The number of benzene rings is 6. The fraction of sp³-hybridized carbons (Fsp3) is 0. The molecule has 0 spiro atoms. The molecule has 0 saturated carbocycles. The second-order valence-electron chi connectivity index (χ2n) is 11.0. The van der Waals surface area contributed by atoms with Crippen molar-refractivity contribution in [2.24, 2.45) is 0 Å². The summed E-state index contributed by atoms with van der Waals surface area (Å²) in [6.45, 7) is 0. The summed E-state index contributed by atoms with van der Waals surface area (Å²) in [7, 11) is 0. The maximum atomic E-state index is 6.47. The Morgan fingerprint density at radius 1 is 0.444 bits per heavy atom. The van der Waals surface area contributed by atoms with Crippen LogP contribution in [0.4, 0.5) is 0 Å². The molecule has 3 aromatic heterocycles. The van der Waals surface area contributed by atoms with Crippen LogP contribution in [-0.2, 0) is 0 Å². The normalized spacial score (nSPS) is 11.7. The van der Waals surface area contributed by atoms with E-state index in [4.69, 9.17) is 19.4 Å². The maximum Gasteiger partial charge on any atom is 0.164 e. The summed E-state index contributed by atoms with van der Waals surface area (Å²) in [4.78, 5) is 14.7. The molecule has 3 heterocycles. The van der Waals surface area contributed by atoms with Gasteiger partial charge in [-0.15, -0.1) is 0 Å². The first-order valence-electron chi connectivity index (χ1n) is 14.7. The average molecular weight is 644 g/mol. The minimum Gasteiger partial charge on any atom is -0.456 e. The minimum absolute atomic E-state index is 0.615. The zero-order chi connectivity index (χ0) is 29.9. The van der Waals surface area contributed by atoms with Gasteiger partial charge >= 0.3 is 0 Å². The highest BCUT2D eigenvalue weighted by Crippen LogP contribution is 2.40. The quantitative estimate of drug-likeness (QED) is 0.192. The van der Waals surface area contributed by atoms with Crippen molar-refractivity contribution in [1.82, 2.24) is 19.5 Å². The van der Waals surface area contributed by atoms with Gasteiger partial charge in [0.05, 0.1) is 11.0 Å². The van der Waals surface area contributed by atoms with Crippen molar-refractivity contribution in [2.75, 3.05) is 0 Å². The van der Waals surface area contributed by atoms with Crippen molar-refractivity contribution in [1.29, 1.82) is 0 Å². The first kappa shape index (κ1) is 25.9. The predicted molar refractivity (Wildman–Crippen MR) is 185 cm³/mol.